The second kappa shape index (κ2) is 6.00. The van der Waals surface area contributed by atoms with Crippen LogP contribution in [0.15, 0.2) is 48.5 Å². The Balaban J connectivity index is 1.67. The first-order valence-electron chi connectivity index (χ1n) is 7.03. The Kier molecular flexibility index (Phi) is 3.89. The Morgan fingerprint density at radius 3 is 2.43 bits per heavy atom. The van der Waals surface area contributed by atoms with Gasteiger partial charge >= 0.3 is 0 Å². The summed E-state index contributed by atoms with van der Waals surface area (Å²) in [6.45, 7) is -0.143. The highest BCUT2D eigenvalue weighted by atomic mass is 19.1. The van der Waals surface area contributed by atoms with Crippen LogP contribution in [0.1, 0.15) is 26.3 Å². The fourth-order valence-corrected chi connectivity index (χ4v) is 2.43. The van der Waals surface area contributed by atoms with E-state index in [1.54, 1.807) is 0 Å². The van der Waals surface area contributed by atoms with Gasteiger partial charge in [0.25, 0.3) is 11.8 Å². The molecule has 5 nitrogen and oxygen atoms in total. The van der Waals surface area contributed by atoms with Gasteiger partial charge in [-0.2, -0.15) is 0 Å². The summed E-state index contributed by atoms with van der Waals surface area (Å²) < 4.78 is 13.7. The summed E-state index contributed by atoms with van der Waals surface area (Å²) in [4.78, 5) is 37.0. The largest absolute Gasteiger partial charge is 0.350 e. The van der Waals surface area contributed by atoms with Crippen molar-refractivity contribution in [1.29, 1.82) is 0 Å². The normalized spacial score (nSPS) is 13.2. The lowest BCUT2D eigenvalue weighted by Gasteiger charge is -2.13. The number of benzene rings is 2. The molecule has 2 aromatic rings. The third-order valence-electron chi connectivity index (χ3n) is 3.58. The molecule has 2 aromatic carbocycles. The molecule has 0 unspecified atom stereocenters. The van der Waals surface area contributed by atoms with Gasteiger partial charge in [0.1, 0.15) is 12.4 Å². The first kappa shape index (κ1) is 14.9. The molecule has 0 atom stereocenters. The van der Waals surface area contributed by atoms with E-state index in [9.17, 15) is 18.8 Å². The Bertz CT molecular complexity index is 790. The summed E-state index contributed by atoms with van der Waals surface area (Å²) in [5.41, 5.74) is 0.619. The highest BCUT2D eigenvalue weighted by Gasteiger charge is 2.38. The van der Waals surface area contributed by atoms with Crippen molar-refractivity contribution in [3.05, 3.63) is 71.0 Å². The Morgan fingerprint density at radius 1 is 1.00 bits per heavy atom. The molecule has 0 spiro atoms. The maximum atomic E-state index is 13.7. The van der Waals surface area contributed by atoms with E-state index < -0.39 is 30.1 Å². The number of halogens is 1. The van der Waals surface area contributed by atoms with Gasteiger partial charge in [0.15, 0.2) is 0 Å². The molecule has 0 saturated heterocycles. The van der Waals surface area contributed by atoms with Crippen LogP contribution in [-0.4, -0.2) is 29.2 Å². The monoisotopic (exact) mass is 312 g/mol. The second-order valence-electron chi connectivity index (χ2n) is 5.12. The highest BCUT2D eigenvalue weighted by Crippen LogP contribution is 2.24. The summed E-state index contributed by atoms with van der Waals surface area (Å²) >= 11 is 0. The van der Waals surface area contributed by atoms with E-state index in [0.29, 0.717) is 0 Å². The van der Waals surface area contributed by atoms with Gasteiger partial charge < -0.3 is 5.32 Å². The average Bonchev–Trinajstić information content (AvgIpc) is 2.80. The zero-order valence-corrected chi connectivity index (χ0v) is 12.1. The number of nitrogens with one attached hydrogen (secondary N) is 1. The molecule has 0 saturated carbocycles. The third kappa shape index (κ3) is 2.83. The van der Waals surface area contributed by atoms with Gasteiger partial charge in [0, 0.05) is 6.54 Å². The highest BCUT2D eigenvalue weighted by molar-refractivity contribution is 6.22. The molecular weight excluding hydrogens is 299 g/mol. The fourth-order valence-electron chi connectivity index (χ4n) is 2.43. The summed E-state index contributed by atoms with van der Waals surface area (Å²) in [5, 5.41) is 2.63. The fraction of sp³-hybridized carbons (Fsp3) is 0.118. The number of imide groups is 1. The quantitative estimate of drug-likeness (QED) is 0.875. The molecule has 1 N–H and O–H groups in total. The molecule has 1 heterocycles. The number of hydrogen-bond donors (Lipinski definition) is 1. The van der Waals surface area contributed by atoms with E-state index in [-0.39, 0.29) is 17.7 Å². The van der Waals surface area contributed by atoms with Crippen molar-refractivity contribution < 1.29 is 18.8 Å². The summed E-state index contributed by atoms with van der Waals surface area (Å²) in [6, 6.07) is 13.1. The summed E-state index contributed by atoms with van der Waals surface area (Å²) in [6.07, 6.45) is 0. The predicted octanol–water partition coefficient (Wildman–Crippen LogP) is 1.74. The van der Waals surface area contributed by atoms with Crippen LogP contribution >= 0.6 is 0 Å². The number of nitrogens with zero attached hydrogens (tertiary/aromatic N) is 1. The lowest BCUT2D eigenvalue weighted by atomic mass is 10.1. The molecule has 0 aliphatic carbocycles. The van der Waals surface area contributed by atoms with Crippen molar-refractivity contribution in [2.45, 2.75) is 6.54 Å². The lowest BCUT2D eigenvalue weighted by molar-refractivity contribution is -0.121. The Hall–Kier alpha value is -3.02. The van der Waals surface area contributed by atoms with E-state index >= 15 is 0 Å². The molecule has 1 aliphatic heterocycles. The van der Waals surface area contributed by atoms with Crippen LogP contribution in [-0.2, 0) is 11.3 Å². The first-order chi connectivity index (χ1) is 11.1. The molecule has 23 heavy (non-hydrogen) atoms. The van der Waals surface area contributed by atoms with Gasteiger partial charge in [-0.3, -0.25) is 19.3 Å². The Morgan fingerprint density at radius 2 is 1.74 bits per heavy atom. The maximum Gasteiger partial charge on any atom is 0.265 e. The zero-order chi connectivity index (χ0) is 16.4. The smallest absolute Gasteiger partial charge is 0.265 e. The first-order valence-corrected chi connectivity index (χ1v) is 7.03. The van der Waals surface area contributed by atoms with E-state index in [1.807, 2.05) is 30.3 Å². The van der Waals surface area contributed by atoms with Gasteiger partial charge in [-0.15, -0.1) is 0 Å². The third-order valence-corrected chi connectivity index (χ3v) is 3.58. The summed E-state index contributed by atoms with van der Waals surface area (Å²) in [7, 11) is 0. The maximum absolute atomic E-state index is 13.7. The summed E-state index contributed by atoms with van der Waals surface area (Å²) in [5.74, 6) is -2.67. The standard InChI is InChI=1S/C17H13FN2O3/c18-13-8-4-7-12-15(13)17(23)20(16(12)22)10-14(21)19-9-11-5-2-1-3-6-11/h1-8H,9-10H2,(H,19,21). The zero-order valence-electron chi connectivity index (χ0n) is 12.1. The van der Waals surface area contributed by atoms with Crippen LogP contribution in [0, 0.1) is 5.82 Å². The number of carbonyl (C=O) groups excluding carboxylic acids is 3. The molecular formula is C17H13FN2O3. The van der Waals surface area contributed by atoms with Gasteiger partial charge in [0.05, 0.1) is 11.1 Å². The van der Waals surface area contributed by atoms with E-state index in [4.69, 9.17) is 0 Å². The molecule has 6 heteroatoms. The number of amides is 3. The average molecular weight is 312 g/mol. The molecule has 0 fully saturated rings. The number of hydrogen-bond acceptors (Lipinski definition) is 3. The topological polar surface area (TPSA) is 66.5 Å². The Labute approximate surface area is 131 Å². The van der Waals surface area contributed by atoms with Crippen LogP contribution in [0.3, 0.4) is 0 Å². The second-order valence-corrected chi connectivity index (χ2v) is 5.12. The molecule has 0 aromatic heterocycles. The molecule has 0 bridgehead atoms. The minimum absolute atomic E-state index is 0.00846. The molecule has 1 aliphatic rings. The number of carbonyl (C=O) groups is 3. The minimum Gasteiger partial charge on any atom is -0.350 e. The lowest BCUT2D eigenvalue weighted by Crippen LogP contribution is -2.40. The van der Waals surface area contributed by atoms with Crippen molar-refractivity contribution in [2.75, 3.05) is 6.54 Å². The minimum atomic E-state index is -0.780. The SMILES string of the molecule is O=C(CN1C(=O)c2cccc(F)c2C1=O)NCc1ccccc1. The molecule has 116 valence electrons. The number of fused-ring (bicyclic) bond motifs is 1. The van der Waals surface area contributed by atoms with E-state index in [0.717, 1.165) is 16.5 Å². The molecule has 0 radical (unpaired) electrons. The van der Waals surface area contributed by atoms with Crippen LogP contribution in [0.2, 0.25) is 0 Å². The van der Waals surface area contributed by atoms with Gasteiger partial charge in [-0.05, 0) is 17.7 Å². The van der Waals surface area contributed by atoms with E-state index in [1.165, 1.54) is 12.1 Å². The van der Waals surface area contributed by atoms with Crippen molar-refractivity contribution in [1.82, 2.24) is 10.2 Å². The van der Waals surface area contributed by atoms with Crippen molar-refractivity contribution in [3.8, 4) is 0 Å². The van der Waals surface area contributed by atoms with Crippen molar-refractivity contribution in [3.63, 3.8) is 0 Å². The van der Waals surface area contributed by atoms with Crippen LogP contribution in [0.25, 0.3) is 0 Å². The van der Waals surface area contributed by atoms with Crippen LogP contribution in [0.5, 0.6) is 0 Å². The van der Waals surface area contributed by atoms with Crippen LogP contribution < -0.4 is 5.32 Å². The predicted molar refractivity (Wildman–Crippen MR) is 80.1 cm³/mol. The van der Waals surface area contributed by atoms with E-state index in [2.05, 4.69) is 5.32 Å². The van der Waals surface area contributed by atoms with Gasteiger partial charge in [-0.1, -0.05) is 36.4 Å². The van der Waals surface area contributed by atoms with Crippen molar-refractivity contribution >= 4 is 17.7 Å². The molecule has 3 amide bonds. The van der Waals surface area contributed by atoms with Gasteiger partial charge in [0.2, 0.25) is 5.91 Å². The van der Waals surface area contributed by atoms with Crippen molar-refractivity contribution in [2.24, 2.45) is 0 Å². The number of rotatable bonds is 4. The van der Waals surface area contributed by atoms with Crippen LogP contribution in [0.4, 0.5) is 4.39 Å². The van der Waals surface area contributed by atoms with Gasteiger partial charge in [-0.25, -0.2) is 4.39 Å². The molecule has 3 rings (SSSR count).